The van der Waals surface area contributed by atoms with Crippen molar-refractivity contribution in [1.29, 1.82) is 0 Å². The Bertz CT molecular complexity index is 543. The van der Waals surface area contributed by atoms with E-state index in [0.717, 1.165) is 6.07 Å². The number of anilines is 1. The lowest BCUT2D eigenvalue weighted by Gasteiger charge is -2.12. The molecule has 0 unspecified atom stereocenters. The molecule has 0 aliphatic heterocycles. The summed E-state index contributed by atoms with van der Waals surface area (Å²) in [7, 11) is -5.02. The predicted molar refractivity (Wildman–Crippen MR) is 57.7 cm³/mol. The van der Waals surface area contributed by atoms with Crippen LogP contribution in [0.1, 0.15) is 5.56 Å². The van der Waals surface area contributed by atoms with E-state index in [1.54, 1.807) is 0 Å². The fourth-order valence-corrected chi connectivity index (χ4v) is 2.02. The SMILES string of the molecule is O=S(=O)(Nc1cc(C(F)(F)F)ccc1Br)C(F)F. The van der Waals surface area contributed by atoms with Crippen molar-refractivity contribution in [2.45, 2.75) is 11.9 Å². The van der Waals surface area contributed by atoms with Crippen molar-refractivity contribution in [3.8, 4) is 0 Å². The number of nitrogens with one attached hydrogen (secondary N) is 1. The summed E-state index contributed by atoms with van der Waals surface area (Å²) in [5, 5.41) is 0. The third kappa shape index (κ3) is 3.55. The lowest BCUT2D eigenvalue weighted by Crippen LogP contribution is -2.21. The average molecular weight is 354 g/mol. The largest absolute Gasteiger partial charge is 0.416 e. The quantitative estimate of drug-likeness (QED) is 0.846. The minimum absolute atomic E-state index is 0.0836. The average Bonchev–Trinajstić information content (AvgIpc) is 2.19. The summed E-state index contributed by atoms with van der Waals surface area (Å²) in [6.07, 6.45) is -4.70. The van der Waals surface area contributed by atoms with Crippen LogP contribution in [0, 0.1) is 0 Å². The van der Waals surface area contributed by atoms with Gasteiger partial charge in [-0.1, -0.05) is 0 Å². The molecule has 3 nitrogen and oxygen atoms in total. The summed E-state index contributed by atoms with van der Waals surface area (Å²) in [6, 6.07) is 2.01. The molecule has 10 heteroatoms. The Balaban J connectivity index is 3.18. The summed E-state index contributed by atoms with van der Waals surface area (Å²) in [5.74, 6) is -3.74. The van der Waals surface area contributed by atoms with E-state index in [1.165, 1.54) is 4.72 Å². The number of rotatable bonds is 3. The second kappa shape index (κ2) is 5.00. The van der Waals surface area contributed by atoms with Crippen LogP contribution in [0.5, 0.6) is 0 Å². The maximum atomic E-state index is 12.4. The van der Waals surface area contributed by atoms with Gasteiger partial charge in [-0.25, -0.2) is 8.42 Å². The molecule has 0 saturated heterocycles. The predicted octanol–water partition coefficient (Wildman–Crippen LogP) is 3.43. The molecule has 0 amide bonds. The van der Waals surface area contributed by atoms with Crippen LogP contribution in [0.2, 0.25) is 0 Å². The highest BCUT2D eigenvalue weighted by Gasteiger charge is 2.32. The van der Waals surface area contributed by atoms with Gasteiger partial charge in [0.1, 0.15) is 0 Å². The Kier molecular flexibility index (Phi) is 4.21. The zero-order chi connectivity index (χ0) is 14.1. The first kappa shape index (κ1) is 15.2. The maximum Gasteiger partial charge on any atom is 0.416 e. The summed E-state index contributed by atoms with van der Waals surface area (Å²) >= 11 is 2.76. The number of sulfonamides is 1. The molecule has 1 N–H and O–H groups in total. The Hall–Kier alpha value is -0.900. The van der Waals surface area contributed by atoms with Gasteiger partial charge in [0.15, 0.2) is 0 Å². The van der Waals surface area contributed by atoms with Crippen LogP contribution in [0.25, 0.3) is 0 Å². The Morgan fingerprint density at radius 3 is 2.22 bits per heavy atom. The number of alkyl halides is 5. The van der Waals surface area contributed by atoms with Gasteiger partial charge >= 0.3 is 11.9 Å². The number of benzene rings is 1. The van der Waals surface area contributed by atoms with Crippen LogP contribution < -0.4 is 4.72 Å². The molecule has 0 spiro atoms. The van der Waals surface area contributed by atoms with E-state index in [9.17, 15) is 30.4 Å². The molecule has 1 aromatic carbocycles. The van der Waals surface area contributed by atoms with Crippen LogP contribution in [-0.4, -0.2) is 14.2 Å². The van der Waals surface area contributed by atoms with E-state index in [1.807, 2.05) is 0 Å². The maximum absolute atomic E-state index is 12.4. The standard InChI is InChI=1S/C8H5BrF5NO2S/c9-5-2-1-4(8(12,13)14)3-6(5)15-18(16,17)7(10)11/h1-3,7,15H. The molecule has 0 bridgehead atoms. The van der Waals surface area contributed by atoms with Crippen LogP contribution in [0.3, 0.4) is 0 Å². The Morgan fingerprint density at radius 1 is 1.22 bits per heavy atom. The second-order valence-electron chi connectivity index (χ2n) is 3.10. The fourth-order valence-electron chi connectivity index (χ4n) is 0.978. The van der Waals surface area contributed by atoms with Crippen LogP contribution in [-0.2, 0) is 16.2 Å². The molecular weight excluding hydrogens is 349 g/mol. The number of halogens is 6. The van der Waals surface area contributed by atoms with Crippen LogP contribution >= 0.6 is 15.9 Å². The molecule has 1 aromatic rings. The lowest BCUT2D eigenvalue weighted by atomic mass is 10.2. The van der Waals surface area contributed by atoms with Crippen LogP contribution in [0.4, 0.5) is 27.6 Å². The van der Waals surface area contributed by atoms with Gasteiger partial charge in [0, 0.05) is 4.47 Å². The third-order valence-electron chi connectivity index (χ3n) is 1.78. The lowest BCUT2D eigenvalue weighted by molar-refractivity contribution is -0.137. The summed E-state index contributed by atoms with van der Waals surface area (Å²) < 4.78 is 84.2. The van der Waals surface area contributed by atoms with Gasteiger partial charge in [-0.15, -0.1) is 0 Å². The van der Waals surface area contributed by atoms with E-state index >= 15 is 0 Å². The van der Waals surface area contributed by atoms with Crippen molar-refractivity contribution < 1.29 is 30.4 Å². The zero-order valence-electron chi connectivity index (χ0n) is 8.30. The van der Waals surface area contributed by atoms with E-state index < -0.39 is 33.2 Å². The highest BCUT2D eigenvalue weighted by Crippen LogP contribution is 2.34. The van der Waals surface area contributed by atoms with E-state index in [-0.39, 0.29) is 4.47 Å². The zero-order valence-corrected chi connectivity index (χ0v) is 10.7. The highest BCUT2D eigenvalue weighted by atomic mass is 79.9. The van der Waals surface area contributed by atoms with Gasteiger partial charge in [-0.2, -0.15) is 22.0 Å². The molecule has 0 aliphatic rings. The second-order valence-corrected chi connectivity index (χ2v) is 5.60. The molecule has 0 saturated carbocycles. The first-order valence-electron chi connectivity index (χ1n) is 4.20. The first-order valence-corrected chi connectivity index (χ1v) is 6.54. The van der Waals surface area contributed by atoms with Gasteiger partial charge in [0.05, 0.1) is 11.3 Å². The Morgan fingerprint density at radius 2 is 1.78 bits per heavy atom. The van der Waals surface area contributed by atoms with E-state index in [0.29, 0.717) is 12.1 Å². The molecule has 0 aromatic heterocycles. The molecule has 1 rings (SSSR count). The molecule has 0 atom stereocenters. The molecule has 0 aliphatic carbocycles. The van der Waals surface area contributed by atoms with Gasteiger partial charge in [-0.3, -0.25) is 4.72 Å². The smallest absolute Gasteiger partial charge is 0.278 e. The minimum atomic E-state index is -5.02. The van der Waals surface area contributed by atoms with Crippen molar-refractivity contribution in [3.63, 3.8) is 0 Å². The van der Waals surface area contributed by atoms with Gasteiger partial charge in [0.25, 0.3) is 10.0 Å². The van der Waals surface area contributed by atoms with E-state index in [2.05, 4.69) is 15.9 Å². The Labute approximate surface area is 107 Å². The first-order chi connectivity index (χ1) is 8.04. The monoisotopic (exact) mass is 353 g/mol. The number of hydrogen-bond acceptors (Lipinski definition) is 2. The molecule has 18 heavy (non-hydrogen) atoms. The van der Waals surface area contributed by atoms with Crippen molar-refractivity contribution in [2.75, 3.05) is 4.72 Å². The van der Waals surface area contributed by atoms with Crippen LogP contribution in [0.15, 0.2) is 22.7 Å². The van der Waals surface area contributed by atoms with Crippen molar-refractivity contribution in [3.05, 3.63) is 28.2 Å². The molecule has 102 valence electrons. The molecule has 0 fully saturated rings. The topological polar surface area (TPSA) is 46.2 Å². The van der Waals surface area contributed by atoms with E-state index in [4.69, 9.17) is 0 Å². The fraction of sp³-hybridized carbons (Fsp3) is 0.250. The third-order valence-corrected chi connectivity index (χ3v) is 3.45. The minimum Gasteiger partial charge on any atom is -0.278 e. The molecule has 0 heterocycles. The molecular formula is C8H5BrF5NO2S. The van der Waals surface area contributed by atoms with Gasteiger partial charge in [-0.05, 0) is 34.1 Å². The molecule has 0 radical (unpaired) electrons. The summed E-state index contributed by atoms with van der Waals surface area (Å²) in [6.45, 7) is 0. The van der Waals surface area contributed by atoms with Crippen molar-refractivity contribution in [1.82, 2.24) is 0 Å². The van der Waals surface area contributed by atoms with Crippen molar-refractivity contribution >= 4 is 31.6 Å². The van der Waals surface area contributed by atoms with Gasteiger partial charge < -0.3 is 0 Å². The summed E-state index contributed by atoms with van der Waals surface area (Å²) in [5.41, 5.74) is -1.76. The summed E-state index contributed by atoms with van der Waals surface area (Å²) in [4.78, 5) is 0. The van der Waals surface area contributed by atoms with Gasteiger partial charge in [0.2, 0.25) is 0 Å². The number of hydrogen-bond donors (Lipinski definition) is 1. The normalized spacial score (nSPS) is 12.8. The van der Waals surface area contributed by atoms with Crippen molar-refractivity contribution in [2.24, 2.45) is 0 Å². The highest BCUT2D eigenvalue weighted by molar-refractivity contribution is 9.10.